The van der Waals surface area contributed by atoms with Crippen LogP contribution in [0.4, 0.5) is 0 Å². The Bertz CT molecular complexity index is 462. The van der Waals surface area contributed by atoms with Crippen molar-refractivity contribution in [2.45, 2.75) is 19.4 Å². The van der Waals surface area contributed by atoms with E-state index in [1.54, 1.807) is 12.2 Å². The van der Waals surface area contributed by atoms with Crippen molar-refractivity contribution in [2.24, 2.45) is 5.92 Å². The predicted molar refractivity (Wildman–Crippen MR) is 82.5 cm³/mol. The summed E-state index contributed by atoms with van der Waals surface area (Å²) < 4.78 is 0. The number of piperidine rings is 1. The van der Waals surface area contributed by atoms with Crippen LogP contribution in [-0.4, -0.2) is 42.6 Å². The molecule has 0 radical (unpaired) electrons. The molecule has 1 aromatic heterocycles. The van der Waals surface area contributed by atoms with E-state index in [0.717, 1.165) is 42.9 Å². The van der Waals surface area contributed by atoms with Gasteiger partial charge in [0.05, 0.1) is 6.61 Å². The second kappa shape index (κ2) is 7.57. The number of thiophene rings is 1. The fraction of sp³-hybridized carbons (Fsp3) is 0.533. The van der Waals surface area contributed by atoms with Gasteiger partial charge in [-0.05, 0) is 62.0 Å². The summed E-state index contributed by atoms with van der Waals surface area (Å²) in [5, 5.41) is 13.8. The Morgan fingerprint density at radius 2 is 2.30 bits per heavy atom. The summed E-state index contributed by atoms with van der Waals surface area (Å²) in [6.07, 6.45) is 5.69. The molecule has 0 unspecified atom stereocenters. The lowest BCUT2D eigenvalue weighted by Crippen LogP contribution is -2.36. The molecule has 1 aromatic rings. The van der Waals surface area contributed by atoms with Crippen LogP contribution in [0.15, 0.2) is 17.5 Å². The van der Waals surface area contributed by atoms with Gasteiger partial charge in [0, 0.05) is 17.5 Å². The van der Waals surface area contributed by atoms with Crippen LogP contribution in [0.2, 0.25) is 0 Å². The van der Waals surface area contributed by atoms with Gasteiger partial charge in [0.25, 0.3) is 0 Å². The summed E-state index contributed by atoms with van der Waals surface area (Å²) in [7, 11) is 2.14. The van der Waals surface area contributed by atoms with Gasteiger partial charge in [-0.3, -0.25) is 4.79 Å². The molecule has 0 spiro atoms. The van der Waals surface area contributed by atoms with Crippen molar-refractivity contribution >= 4 is 23.3 Å². The highest BCUT2D eigenvalue weighted by molar-refractivity contribution is 7.11. The zero-order chi connectivity index (χ0) is 14.4. The predicted octanol–water partition coefficient (Wildman–Crippen LogP) is 1.71. The summed E-state index contributed by atoms with van der Waals surface area (Å²) in [4.78, 5) is 15.1. The van der Waals surface area contributed by atoms with Gasteiger partial charge in [-0.2, -0.15) is 0 Å². The Balaban J connectivity index is 1.72. The minimum Gasteiger partial charge on any atom is -0.392 e. The zero-order valence-corrected chi connectivity index (χ0v) is 12.7. The number of amides is 1. The Labute approximate surface area is 124 Å². The molecular formula is C15H22N2O2S. The Morgan fingerprint density at radius 1 is 1.55 bits per heavy atom. The van der Waals surface area contributed by atoms with Crippen LogP contribution >= 0.6 is 11.3 Å². The van der Waals surface area contributed by atoms with Crippen LogP contribution in [0.3, 0.4) is 0 Å². The molecule has 5 heteroatoms. The maximum Gasteiger partial charge on any atom is 0.244 e. The highest BCUT2D eigenvalue weighted by Crippen LogP contribution is 2.16. The van der Waals surface area contributed by atoms with Crippen molar-refractivity contribution in [1.82, 2.24) is 10.2 Å². The smallest absolute Gasteiger partial charge is 0.244 e. The number of aliphatic hydroxyl groups excluding tert-OH is 1. The van der Waals surface area contributed by atoms with Gasteiger partial charge < -0.3 is 15.3 Å². The van der Waals surface area contributed by atoms with E-state index in [1.165, 1.54) is 11.3 Å². The van der Waals surface area contributed by atoms with Crippen LogP contribution in [-0.2, 0) is 11.4 Å². The first-order chi connectivity index (χ1) is 9.67. The first-order valence-electron chi connectivity index (χ1n) is 7.00. The molecule has 1 aliphatic rings. The van der Waals surface area contributed by atoms with E-state index in [0.29, 0.717) is 5.92 Å². The van der Waals surface area contributed by atoms with Crippen LogP contribution in [0.1, 0.15) is 23.3 Å². The first-order valence-corrected chi connectivity index (χ1v) is 7.88. The molecular weight excluding hydrogens is 272 g/mol. The Morgan fingerprint density at radius 3 is 2.95 bits per heavy atom. The molecule has 1 saturated heterocycles. The molecule has 4 nitrogen and oxygen atoms in total. The van der Waals surface area contributed by atoms with Crippen LogP contribution in [0, 0.1) is 5.92 Å². The number of carbonyl (C=O) groups excluding carboxylic acids is 1. The van der Waals surface area contributed by atoms with Crippen molar-refractivity contribution in [1.29, 1.82) is 0 Å². The average Bonchev–Trinajstić information content (AvgIpc) is 2.92. The van der Waals surface area contributed by atoms with Crippen molar-refractivity contribution in [3.8, 4) is 0 Å². The van der Waals surface area contributed by atoms with Crippen molar-refractivity contribution in [3.05, 3.63) is 28.0 Å². The summed E-state index contributed by atoms with van der Waals surface area (Å²) in [6.45, 7) is 3.06. The zero-order valence-electron chi connectivity index (χ0n) is 11.8. The molecule has 2 heterocycles. The van der Waals surface area contributed by atoms with Crippen molar-refractivity contribution in [3.63, 3.8) is 0 Å². The number of likely N-dealkylation sites (tertiary alicyclic amines) is 1. The van der Waals surface area contributed by atoms with E-state index >= 15 is 0 Å². The summed E-state index contributed by atoms with van der Waals surface area (Å²) in [6, 6.07) is 1.89. The molecule has 1 amide bonds. The second-order valence-corrected chi connectivity index (χ2v) is 6.28. The third kappa shape index (κ3) is 4.74. The van der Waals surface area contributed by atoms with Crippen molar-refractivity contribution < 1.29 is 9.90 Å². The summed E-state index contributed by atoms with van der Waals surface area (Å²) >= 11 is 1.53. The van der Waals surface area contributed by atoms with Gasteiger partial charge in [0.2, 0.25) is 5.91 Å². The minimum atomic E-state index is -0.0390. The quantitative estimate of drug-likeness (QED) is 0.813. The number of hydrogen-bond donors (Lipinski definition) is 2. The van der Waals surface area contributed by atoms with E-state index in [-0.39, 0.29) is 12.5 Å². The average molecular weight is 294 g/mol. The molecule has 0 aromatic carbocycles. The van der Waals surface area contributed by atoms with E-state index in [2.05, 4.69) is 17.3 Å². The van der Waals surface area contributed by atoms with E-state index in [9.17, 15) is 4.79 Å². The molecule has 1 fully saturated rings. The molecule has 0 aliphatic carbocycles. The standard InChI is InChI=1S/C15H22N2O2S/c1-17-6-4-12(5-7-17)9-16-15(19)3-2-14-8-13(10-18)11-20-14/h2-3,8,11-12,18H,4-7,9-10H2,1H3,(H,16,19)/b3-2+. The highest BCUT2D eigenvalue weighted by Gasteiger charge is 2.16. The van der Waals surface area contributed by atoms with E-state index < -0.39 is 0 Å². The van der Waals surface area contributed by atoms with Crippen LogP contribution in [0.5, 0.6) is 0 Å². The molecule has 0 saturated carbocycles. The lowest BCUT2D eigenvalue weighted by atomic mass is 9.97. The lowest BCUT2D eigenvalue weighted by molar-refractivity contribution is -0.116. The third-order valence-corrected chi connectivity index (χ3v) is 4.61. The van der Waals surface area contributed by atoms with Gasteiger partial charge in [-0.1, -0.05) is 0 Å². The maximum absolute atomic E-state index is 11.7. The first kappa shape index (κ1) is 15.2. The van der Waals surface area contributed by atoms with Gasteiger partial charge in [-0.15, -0.1) is 11.3 Å². The fourth-order valence-electron chi connectivity index (χ4n) is 2.29. The SMILES string of the molecule is CN1CCC(CNC(=O)/C=C/c2cc(CO)cs2)CC1. The summed E-state index contributed by atoms with van der Waals surface area (Å²) in [5.41, 5.74) is 0.890. The fourth-order valence-corrected chi connectivity index (χ4v) is 3.09. The van der Waals surface area contributed by atoms with Gasteiger partial charge in [-0.25, -0.2) is 0 Å². The largest absolute Gasteiger partial charge is 0.392 e. The number of carbonyl (C=O) groups is 1. The molecule has 0 bridgehead atoms. The van der Waals surface area contributed by atoms with Gasteiger partial charge >= 0.3 is 0 Å². The van der Waals surface area contributed by atoms with Crippen LogP contribution < -0.4 is 5.32 Å². The number of nitrogens with one attached hydrogen (secondary N) is 1. The molecule has 20 heavy (non-hydrogen) atoms. The monoisotopic (exact) mass is 294 g/mol. The normalized spacial score (nSPS) is 17.7. The van der Waals surface area contributed by atoms with Crippen molar-refractivity contribution in [2.75, 3.05) is 26.7 Å². The third-order valence-electron chi connectivity index (χ3n) is 3.66. The molecule has 1 aliphatic heterocycles. The maximum atomic E-state index is 11.7. The number of aliphatic hydroxyl groups is 1. The lowest BCUT2D eigenvalue weighted by Gasteiger charge is -2.28. The second-order valence-electron chi connectivity index (χ2n) is 5.34. The molecule has 2 rings (SSSR count). The number of rotatable bonds is 5. The molecule has 110 valence electrons. The van der Waals surface area contributed by atoms with E-state index in [1.807, 2.05) is 11.4 Å². The molecule has 0 atom stereocenters. The highest BCUT2D eigenvalue weighted by atomic mass is 32.1. The van der Waals surface area contributed by atoms with E-state index in [4.69, 9.17) is 5.11 Å². The van der Waals surface area contributed by atoms with Gasteiger partial charge in [0.1, 0.15) is 0 Å². The number of hydrogen-bond acceptors (Lipinski definition) is 4. The van der Waals surface area contributed by atoms with Crippen LogP contribution in [0.25, 0.3) is 6.08 Å². The topological polar surface area (TPSA) is 52.6 Å². The summed E-state index contributed by atoms with van der Waals surface area (Å²) in [5.74, 6) is 0.564. The van der Waals surface area contributed by atoms with Gasteiger partial charge in [0.15, 0.2) is 0 Å². The number of nitrogens with zero attached hydrogens (tertiary/aromatic N) is 1. The Hall–Kier alpha value is -1.17. The Kier molecular flexibility index (Phi) is 5.76. The molecule has 2 N–H and O–H groups in total. The minimum absolute atomic E-state index is 0.0390.